The van der Waals surface area contributed by atoms with Crippen molar-refractivity contribution in [2.75, 3.05) is 20.3 Å². The first-order valence-corrected chi connectivity index (χ1v) is 12.9. The molecular formula is C21H24N4O7S2. The van der Waals surface area contributed by atoms with Crippen molar-refractivity contribution in [3.63, 3.8) is 0 Å². The summed E-state index contributed by atoms with van der Waals surface area (Å²) in [7, 11) is -2.79. The number of nitrogens with one attached hydrogen (secondary N) is 1. The number of fused-ring (bicyclic) bond motifs is 1. The molecule has 0 aliphatic heterocycles. The Balaban J connectivity index is 1.76. The van der Waals surface area contributed by atoms with E-state index in [-0.39, 0.29) is 28.9 Å². The lowest BCUT2D eigenvalue weighted by Crippen LogP contribution is -2.44. The first kappa shape index (κ1) is 24.1. The van der Waals surface area contributed by atoms with Gasteiger partial charge in [-0.3, -0.25) is 4.79 Å². The molecule has 0 spiro atoms. The molecule has 13 heteroatoms. The molecular weight excluding hydrogens is 484 g/mol. The van der Waals surface area contributed by atoms with Crippen LogP contribution in [0.25, 0.3) is 16.2 Å². The van der Waals surface area contributed by atoms with Crippen LogP contribution in [0.5, 0.6) is 5.75 Å². The van der Waals surface area contributed by atoms with Crippen LogP contribution in [-0.2, 0) is 24.3 Å². The van der Waals surface area contributed by atoms with E-state index in [9.17, 15) is 18.0 Å². The Kier molecular flexibility index (Phi) is 6.36. The molecule has 1 saturated carbocycles. The Labute approximate surface area is 200 Å². The van der Waals surface area contributed by atoms with Gasteiger partial charge in [-0.2, -0.15) is 4.72 Å². The SMILES string of the molecule is CCOC(=O)c1nn2c(-c3ccc(OC)c(S(=O)(=O)NC4(C(=O)OCC)CC4)c3)c(C)nc2s1. The van der Waals surface area contributed by atoms with Gasteiger partial charge in [0.25, 0.3) is 0 Å². The lowest BCUT2D eigenvalue weighted by Gasteiger charge is -2.18. The van der Waals surface area contributed by atoms with E-state index in [0.29, 0.717) is 34.8 Å². The molecule has 3 aromatic rings. The lowest BCUT2D eigenvalue weighted by atomic mass is 10.1. The fraction of sp³-hybridized carbons (Fsp3) is 0.429. The smallest absolute Gasteiger partial charge is 0.369 e. The number of rotatable bonds is 9. The third-order valence-electron chi connectivity index (χ3n) is 5.30. The average Bonchev–Trinajstić information content (AvgIpc) is 3.34. The van der Waals surface area contributed by atoms with Crippen molar-refractivity contribution in [3.8, 4) is 17.0 Å². The largest absolute Gasteiger partial charge is 0.495 e. The number of hydrogen-bond acceptors (Lipinski definition) is 10. The molecule has 1 aromatic carbocycles. The monoisotopic (exact) mass is 508 g/mol. The highest BCUT2D eigenvalue weighted by molar-refractivity contribution is 7.89. The number of ether oxygens (including phenoxy) is 3. The van der Waals surface area contributed by atoms with Crippen molar-refractivity contribution < 1.29 is 32.2 Å². The van der Waals surface area contributed by atoms with Gasteiger partial charge >= 0.3 is 11.9 Å². The van der Waals surface area contributed by atoms with Gasteiger partial charge in [-0.05, 0) is 51.8 Å². The second-order valence-electron chi connectivity index (χ2n) is 7.64. The topological polar surface area (TPSA) is 138 Å². The van der Waals surface area contributed by atoms with Gasteiger partial charge in [-0.15, -0.1) is 5.10 Å². The number of nitrogens with zero attached hydrogens (tertiary/aromatic N) is 3. The van der Waals surface area contributed by atoms with Crippen LogP contribution in [0.4, 0.5) is 0 Å². The number of methoxy groups -OCH3 is 1. The summed E-state index contributed by atoms with van der Waals surface area (Å²) in [4.78, 5) is 29.2. The number of aryl methyl sites for hydroxylation is 1. The molecule has 34 heavy (non-hydrogen) atoms. The molecule has 1 fully saturated rings. The van der Waals surface area contributed by atoms with Gasteiger partial charge in [0, 0.05) is 5.56 Å². The summed E-state index contributed by atoms with van der Waals surface area (Å²) in [6.07, 6.45) is 0.704. The number of benzene rings is 1. The Morgan fingerprint density at radius 3 is 2.53 bits per heavy atom. The van der Waals surface area contributed by atoms with E-state index in [1.54, 1.807) is 26.8 Å². The van der Waals surface area contributed by atoms with Gasteiger partial charge in [0.05, 0.1) is 31.7 Å². The predicted molar refractivity (Wildman–Crippen MR) is 122 cm³/mol. The maximum absolute atomic E-state index is 13.3. The molecule has 0 bridgehead atoms. The number of imidazole rings is 1. The molecule has 1 aliphatic carbocycles. The minimum Gasteiger partial charge on any atom is -0.495 e. The van der Waals surface area contributed by atoms with E-state index in [4.69, 9.17) is 14.2 Å². The van der Waals surface area contributed by atoms with E-state index in [0.717, 1.165) is 11.3 Å². The maximum Gasteiger partial charge on any atom is 0.369 e. The Morgan fingerprint density at radius 1 is 1.21 bits per heavy atom. The zero-order chi connectivity index (χ0) is 24.7. The van der Waals surface area contributed by atoms with Gasteiger partial charge in [0.2, 0.25) is 20.0 Å². The van der Waals surface area contributed by atoms with Crippen molar-refractivity contribution in [2.24, 2.45) is 0 Å². The Bertz CT molecular complexity index is 1370. The van der Waals surface area contributed by atoms with Crippen LogP contribution >= 0.6 is 11.3 Å². The minimum absolute atomic E-state index is 0.111. The molecule has 2 aromatic heterocycles. The first-order valence-electron chi connectivity index (χ1n) is 10.6. The van der Waals surface area contributed by atoms with Crippen molar-refractivity contribution in [1.82, 2.24) is 19.3 Å². The summed E-state index contributed by atoms with van der Waals surface area (Å²) in [6.45, 7) is 5.49. The average molecular weight is 509 g/mol. The summed E-state index contributed by atoms with van der Waals surface area (Å²) in [5.41, 5.74) is 0.347. The van der Waals surface area contributed by atoms with E-state index >= 15 is 0 Å². The van der Waals surface area contributed by atoms with E-state index in [1.165, 1.54) is 23.8 Å². The van der Waals surface area contributed by atoms with Crippen molar-refractivity contribution in [2.45, 2.75) is 44.0 Å². The van der Waals surface area contributed by atoms with Crippen LogP contribution in [0.15, 0.2) is 23.1 Å². The summed E-state index contributed by atoms with van der Waals surface area (Å²) in [5, 5.41) is 4.45. The molecule has 0 saturated heterocycles. The zero-order valence-electron chi connectivity index (χ0n) is 19.1. The normalized spacial score (nSPS) is 14.7. The number of carbonyl (C=O) groups excluding carboxylic acids is 2. The summed E-state index contributed by atoms with van der Waals surface area (Å²) < 4.78 is 46.0. The first-order chi connectivity index (χ1) is 16.2. The number of carbonyl (C=O) groups is 2. The van der Waals surface area contributed by atoms with Crippen LogP contribution in [-0.4, -0.2) is 60.8 Å². The quantitative estimate of drug-likeness (QED) is 0.432. The minimum atomic E-state index is -4.15. The fourth-order valence-electron chi connectivity index (χ4n) is 3.54. The van der Waals surface area contributed by atoms with Gasteiger partial charge in [-0.25, -0.2) is 22.7 Å². The zero-order valence-corrected chi connectivity index (χ0v) is 20.7. The third-order valence-corrected chi connectivity index (χ3v) is 7.75. The van der Waals surface area contributed by atoms with Gasteiger partial charge in [0.15, 0.2) is 0 Å². The number of esters is 2. The Hall–Kier alpha value is -3.03. The second-order valence-corrected chi connectivity index (χ2v) is 10.2. The van der Waals surface area contributed by atoms with Gasteiger partial charge < -0.3 is 14.2 Å². The number of hydrogen-bond donors (Lipinski definition) is 1. The maximum atomic E-state index is 13.3. The third kappa shape index (κ3) is 4.26. The van der Waals surface area contributed by atoms with Crippen molar-refractivity contribution >= 4 is 38.3 Å². The Morgan fingerprint density at radius 2 is 1.91 bits per heavy atom. The number of aromatic nitrogens is 3. The molecule has 0 atom stereocenters. The van der Waals surface area contributed by atoms with E-state index < -0.39 is 27.5 Å². The second kappa shape index (κ2) is 8.96. The van der Waals surface area contributed by atoms with Crippen molar-refractivity contribution in [3.05, 3.63) is 28.9 Å². The molecule has 2 heterocycles. The molecule has 182 valence electrons. The molecule has 4 rings (SSSR count). The summed E-state index contributed by atoms with van der Waals surface area (Å²) in [5.74, 6) is -1.05. The predicted octanol–water partition coefficient (Wildman–Crippen LogP) is 2.33. The van der Waals surface area contributed by atoms with Gasteiger partial charge in [-0.1, -0.05) is 11.3 Å². The van der Waals surface area contributed by atoms with Crippen LogP contribution < -0.4 is 9.46 Å². The summed E-state index contributed by atoms with van der Waals surface area (Å²) >= 11 is 1.08. The molecule has 1 N–H and O–H groups in total. The highest BCUT2D eigenvalue weighted by atomic mass is 32.2. The fourth-order valence-corrected chi connectivity index (χ4v) is 5.99. The lowest BCUT2D eigenvalue weighted by molar-refractivity contribution is -0.146. The van der Waals surface area contributed by atoms with E-state index in [2.05, 4.69) is 14.8 Å². The number of sulfonamides is 1. The molecule has 0 amide bonds. The van der Waals surface area contributed by atoms with Crippen LogP contribution in [0.1, 0.15) is 42.2 Å². The van der Waals surface area contributed by atoms with Crippen molar-refractivity contribution in [1.29, 1.82) is 0 Å². The molecule has 0 radical (unpaired) electrons. The van der Waals surface area contributed by atoms with Gasteiger partial charge in [0.1, 0.15) is 16.2 Å². The van der Waals surface area contributed by atoms with Crippen LogP contribution in [0, 0.1) is 6.92 Å². The standard InChI is InChI=1S/C21H24N4O7S2/c1-5-31-18(26)17-23-25-16(12(3)22-20(25)33-17)13-7-8-14(30-4)15(11-13)34(28,29)24-21(9-10-21)19(27)32-6-2/h7-8,11,24H,5-6,9-10H2,1-4H3. The molecule has 1 aliphatic rings. The molecule has 0 unspecified atom stereocenters. The highest BCUT2D eigenvalue weighted by Gasteiger charge is 2.54. The summed E-state index contributed by atoms with van der Waals surface area (Å²) in [6, 6.07) is 4.63. The van der Waals surface area contributed by atoms with E-state index in [1.807, 2.05) is 0 Å². The van der Waals surface area contributed by atoms with Crippen LogP contribution in [0.3, 0.4) is 0 Å². The highest BCUT2D eigenvalue weighted by Crippen LogP contribution is 2.40. The molecule has 11 nitrogen and oxygen atoms in total. The van der Waals surface area contributed by atoms with Crippen LogP contribution in [0.2, 0.25) is 0 Å².